The number of hydrogen-bond donors (Lipinski definition) is 0. The maximum absolute atomic E-state index is 5.48. The summed E-state index contributed by atoms with van der Waals surface area (Å²) in [5, 5.41) is 4.27. The third-order valence-corrected chi connectivity index (χ3v) is 5.48. The van der Waals surface area contributed by atoms with Crippen molar-refractivity contribution in [3.05, 3.63) is 47.6 Å². The van der Waals surface area contributed by atoms with Gasteiger partial charge in [-0.05, 0) is 31.4 Å². The van der Waals surface area contributed by atoms with E-state index in [1.807, 2.05) is 12.3 Å². The van der Waals surface area contributed by atoms with Gasteiger partial charge in [-0.3, -0.25) is 14.8 Å². The van der Waals surface area contributed by atoms with Crippen molar-refractivity contribution in [1.29, 1.82) is 0 Å². The summed E-state index contributed by atoms with van der Waals surface area (Å²) in [6.45, 7) is 4.21. The lowest BCUT2D eigenvalue weighted by atomic mass is 10.2. The molecule has 5 heteroatoms. The third-order valence-electron chi connectivity index (χ3n) is 5.48. The summed E-state index contributed by atoms with van der Waals surface area (Å²) in [7, 11) is 0. The second kappa shape index (κ2) is 5.42. The van der Waals surface area contributed by atoms with Crippen LogP contribution in [0.2, 0.25) is 0 Å². The minimum Gasteiger partial charge on any atom is -0.361 e. The summed E-state index contributed by atoms with van der Waals surface area (Å²) in [5.41, 5.74) is 2.29. The SMILES string of the molecule is c1ccc(CN2CC3CC2CN3Cc2cc(C3CC3)on2)nc1. The van der Waals surface area contributed by atoms with E-state index in [0.29, 0.717) is 18.0 Å². The molecule has 4 heterocycles. The standard InChI is InChI=1S/C18H22N4O/c1-2-6-19-14(3-1)9-21-11-17-8-16(21)12-22(17)10-15-7-18(23-20-15)13-4-5-13/h1-3,6-7,13,16-17H,4-5,8-12H2. The maximum Gasteiger partial charge on any atom is 0.140 e. The van der Waals surface area contributed by atoms with Gasteiger partial charge in [0.2, 0.25) is 0 Å². The van der Waals surface area contributed by atoms with Gasteiger partial charge in [0.05, 0.1) is 11.4 Å². The van der Waals surface area contributed by atoms with Gasteiger partial charge in [-0.2, -0.15) is 0 Å². The molecule has 120 valence electrons. The molecule has 2 saturated heterocycles. The fraction of sp³-hybridized carbons (Fsp3) is 0.556. The molecule has 2 aromatic rings. The Balaban J connectivity index is 1.20. The van der Waals surface area contributed by atoms with Crippen LogP contribution < -0.4 is 0 Å². The van der Waals surface area contributed by atoms with E-state index in [1.165, 1.54) is 25.0 Å². The lowest BCUT2D eigenvalue weighted by Crippen LogP contribution is -2.45. The van der Waals surface area contributed by atoms with Gasteiger partial charge in [0.15, 0.2) is 0 Å². The Morgan fingerprint density at radius 3 is 2.48 bits per heavy atom. The molecule has 3 aliphatic rings. The summed E-state index contributed by atoms with van der Waals surface area (Å²) in [4.78, 5) is 9.62. The van der Waals surface area contributed by atoms with Crippen molar-refractivity contribution >= 4 is 0 Å². The Hall–Kier alpha value is -1.72. The van der Waals surface area contributed by atoms with Gasteiger partial charge < -0.3 is 4.52 Å². The molecular formula is C18H22N4O. The average Bonchev–Trinajstić information content (AvgIpc) is 3.01. The van der Waals surface area contributed by atoms with E-state index in [0.717, 1.165) is 37.6 Å². The van der Waals surface area contributed by atoms with Crippen molar-refractivity contribution in [3.8, 4) is 0 Å². The Morgan fingerprint density at radius 2 is 1.83 bits per heavy atom. The first kappa shape index (κ1) is 13.7. The number of aromatic nitrogens is 2. The highest BCUT2D eigenvalue weighted by Crippen LogP contribution is 2.40. The van der Waals surface area contributed by atoms with Crippen molar-refractivity contribution < 1.29 is 4.52 Å². The first-order valence-corrected chi connectivity index (χ1v) is 8.68. The summed E-state index contributed by atoms with van der Waals surface area (Å²) in [5.74, 6) is 1.75. The third kappa shape index (κ3) is 2.68. The number of nitrogens with zero attached hydrogens (tertiary/aromatic N) is 4. The number of pyridine rings is 1. The van der Waals surface area contributed by atoms with E-state index < -0.39 is 0 Å². The van der Waals surface area contributed by atoms with E-state index in [1.54, 1.807) is 0 Å². The first-order chi connectivity index (χ1) is 11.3. The van der Waals surface area contributed by atoms with Crippen LogP contribution in [0, 0.1) is 0 Å². The lowest BCUT2D eigenvalue weighted by molar-refractivity contribution is 0.115. The normalized spacial score (nSPS) is 27.8. The van der Waals surface area contributed by atoms with Gasteiger partial charge >= 0.3 is 0 Å². The van der Waals surface area contributed by atoms with Gasteiger partial charge in [0.25, 0.3) is 0 Å². The van der Waals surface area contributed by atoms with E-state index in [9.17, 15) is 0 Å². The van der Waals surface area contributed by atoms with E-state index >= 15 is 0 Å². The molecular weight excluding hydrogens is 288 g/mol. The zero-order valence-electron chi connectivity index (χ0n) is 13.3. The molecule has 0 N–H and O–H groups in total. The van der Waals surface area contributed by atoms with E-state index in [4.69, 9.17) is 4.52 Å². The Bertz CT molecular complexity index is 681. The van der Waals surface area contributed by atoms with Crippen molar-refractivity contribution in [2.75, 3.05) is 13.1 Å². The summed E-state index contributed by atoms with van der Waals surface area (Å²) in [6.07, 6.45) is 5.70. The number of likely N-dealkylation sites (tertiary alicyclic amines) is 2. The molecule has 3 fully saturated rings. The molecule has 23 heavy (non-hydrogen) atoms. The van der Waals surface area contributed by atoms with Crippen LogP contribution in [-0.4, -0.2) is 45.1 Å². The number of fused-ring (bicyclic) bond motifs is 2. The first-order valence-electron chi connectivity index (χ1n) is 8.68. The topological polar surface area (TPSA) is 45.4 Å². The zero-order chi connectivity index (χ0) is 15.2. The molecule has 1 saturated carbocycles. The van der Waals surface area contributed by atoms with Crippen molar-refractivity contribution in [2.45, 2.75) is 50.4 Å². The van der Waals surface area contributed by atoms with Crippen LogP contribution in [0.1, 0.15) is 42.3 Å². The summed E-state index contributed by atoms with van der Waals surface area (Å²) in [6, 6.07) is 9.68. The Morgan fingerprint density at radius 1 is 1.04 bits per heavy atom. The highest BCUT2D eigenvalue weighted by Gasteiger charge is 2.43. The van der Waals surface area contributed by atoms with Crippen molar-refractivity contribution in [2.24, 2.45) is 0 Å². The molecule has 0 aromatic carbocycles. The highest BCUT2D eigenvalue weighted by atomic mass is 16.5. The Labute approximate surface area is 136 Å². The van der Waals surface area contributed by atoms with Crippen LogP contribution in [0.15, 0.2) is 35.0 Å². The fourth-order valence-electron chi connectivity index (χ4n) is 4.09. The molecule has 1 aliphatic carbocycles. The molecule has 2 unspecified atom stereocenters. The zero-order valence-corrected chi connectivity index (χ0v) is 13.3. The number of piperazine rings is 1. The minimum atomic E-state index is 0.653. The van der Waals surface area contributed by atoms with Gasteiger partial charge in [-0.25, -0.2) is 0 Å². The lowest BCUT2D eigenvalue weighted by Gasteiger charge is -2.33. The van der Waals surface area contributed by atoms with Crippen LogP contribution in [0.3, 0.4) is 0 Å². The van der Waals surface area contributed by atoms with Crippen LogP contribution in [0.5, 0.6) is 0 Å². The molecule has 2 atom stereocenters. The van der Waals surface area contributed by atoms with Crippen LogP contribution in [0.25, 0.3) is 0 Å². The summed E-state index contributed by atoms with van der Waals surface area (Å²) >= 11 is 0. The second-order valence-electron chi connectivity index (χ2n) is 7.22. The quantitative estimate of drug-likeness (QED) is 0.848. The molecule has 0 radical (unpaired) electrons. The predicted octanol–water partition coefficient (Wildman–Crippen LogP) is 2.41. The largest absolute Gasteiger partial charge is 0.361 e. The number of hydrogen-bond acceptors (Lipinski definition) is 5. The van der Waals surface area contributed by atoms with Gasteiger partial charge in [0.1, 0.15) is 5.76 Å². The predicted molar refractivity (Wildman–Crippen MR) is 85.7 cm³/mol. The van der Waals surface area contributed by atoms with E-state index in [2.05, 4.69) is 38.1 Å². The van der Waals surface area contributed by atoms with Crippen molar-refractivity contribution in [3.63, 3.8) is 0 Å². The fourth-order valence-corrected chi connectivity index (χ4v) is 4.09. The van der Waals surface area contributed by atoms with Gasteiger partial charge in [-0.1, -0.05) is 11.2 Å². The van der Waals surface area contributed by atoms with Gasteiger partial charge in [0, 0.05) is 56.4 Å². The van der Waals surface area contributed by atoms with Crippen LogP contribution in [0.4, 0.5) is 0 Å². The minimum absolute atomic E-state index is 0.653. The molecule has 2 aromatic heterocycles. The average molecular weight is 310 g/mol. The summed E-state index contributed by atoms with van der Waals surface area (Å²) < 4.78 is 5.48. The van der Waals surface area contributed by atoms with Crippen LogP contribution >= 0.6 is 0 Å². The highest BCUT2D eigenvalue weighted by molar-refractivity contribution is 5.15. The van der Waals surface area contributed by atoms with E-state index in [-0.39, 0.29) is 0 Å². The number of rotatable bonds is 5. The smallest absolute Gasteiger partial charge is 0.140 e. The monoisotopic (exact) mass is 310 g/mol. The molecule has 5 nitrogen and oxygen atoms in total. The second-order valence-corrected chi connectivity index (χ2v) is 7.22. The molecule has 2 aliphatic heterocycles. The molecule has 5 rings (SSSR count). The maximum atomic E-state index is 5.48. The van der Waals surface area contributed by atoms with Crippen LogP contribution in [-0.2, 0) is 13.1 Å². The van der Waals surface area contributed by atoms with Crippen molar-refractivity contribution in [1.82, 2.24) is 19.9 Å². The Kier molecular flexibility index (Phi) is 3.23. The van der Waals surface area contributed by atoms with Gasteiger partial charge in [-0.15, -0.1) is 0 Å². The molecule has 2 bridgehead atoms. The molecule has 0 amide bonds. The molecule has 0 spiro atoms.